The highest BCUT2D eigenvalue weighted by Crippen LogP contribution is 2.33. The van der Waals surface area contributed by atoms with Crippen LogP contribution in [0.4, 0.5) is 0 Å². The number of nitrogens with one attached hydrogen (secondary N) is 2. The number of rotatable bonds is 4. The zero-order valence-corrected chi connectivity index (χ0v) is 17.9. The van der Waals surface area contributed by atoms with Crippen LogP contribution in [0.3, 0.4) is 0 Å². The first-order valence-corrected chi connectivity index (χ1v) is 10.4. The maximum atomic E-state index is 11.8. The average Bonchev–Trinajstić information content (AvgIpc) is 3.33. The van der Waals surface area contributed by atoms with Crippen LogP contribution in [0.15, 0.2) is 78.9 Å². The Morgan fingerprint density at radius 3 is 2.28 bits per heavy atom. The smallest absolute Gasteiger partial charge is 0.251 e. The molecule has 0 unspecified atom stereocenters. The zero-order chi connectivity index (χ0) is 22.1. The third-order valence-corrected chi connectivity index (χ3v) is 5.52. The quantitative estimate of drug-likeness (QED) is 0.394. The predicted molar refractivity (Wildman–Crippen MR) is 126 cm³/mol. The topological polar surface area (TPSA) is 83.6 Å². The Bertz CT molecular complexity index is 1440. The van der Waals surface area contributed by atoms with Gasteiger partial charge in [-0.15, -0.1) is 10.2 Å². The van der Waals surface area contributed by atoms with E-state index in [0.717, 1.165) is 39.0 Å². The van der Waals surface area contributed by atoms with Crippen LogP contribution in [0.1, 0.15) is 10.4 Å². The summed E-state index contributed by atoms with van der Waals surface area (Å²) in [6, 6.07) is 24.8. The second-order valence-electron chi connectivity index (χ2n) is 7.28. The largest absolute Gasteiger partial charge is 0.355 e. The SMILES string of the molecule is CNC(=O)c1ccc(-c2nnc(-c3cc(-c4cccc(Cl)c4)n[nH]3)c3ccccc23)cc1. The summed E-state index contributed by atoms with van der Waals surface area (Å²) in [4.78, 5) is 11.8. The number of carbonyl (C=O) groups is 1. The van der Waals surface area contributed by atoms with E-state index in [4.69, 9.17) is 11.6 Å². The number of carbonyl (C=O) groups excluding carboxylic acids is 1. The molecule has 5 aromatic rings. The van der Waals surface area contributed by atoms with Gasteiger partial charge >= 0.3 is 0 Å². The van der Waals surface area contributed by atoms with Crippen LogP contribution < -0.4 is 5.32 Å². The lowest BCUT2D eigenvalue weighted by molar-refractivity contribution is 0.0963. The Morgan fingerprint density at radius 1 is 0.844 bits per heavy atom. The molecule has 1 amide bonds. The van der Waals surface area contributed by atoms with E-state index in [1.54, 1.807) is 19.2 Å². The highest BCUT2D eigenvalue weighted by atomic mass is 35.5. The summed E-state index contributed by atoms with van der Waals surface area (Å²) in [6.45, 7) is 0. The number of benzene rings is 3. The van der Waals surface area contributed by atoms with Crippen LogP contribution in [-0.2, 0) is 0 Å². The molecule has 156 valence electrons. The number of nitrogens with zero attached hydrogens (tertiary/aromatic N) is 3. The molecule has 0 aliphatic carbocycles. The summed E-state index contributed by atoms with van der Waals surface area (Å²) in [5.41, 5.74) is 5.42. The fourth-order valence-corrected chi connectivity index (χ4v) is 3.87. The van der Waals surface area contributed by atoms with Gasteiger partial charge in [-0.3, -0.25) is 9.89 Å². The van der Waals surface area contributed by atoms with Crippen molar-refractivity contribution < 1.29 is 4.79 Å². The Balaban J connectivity index is 1.58. The molecule has 0 fully saturated rings. The van der Waals surface area contributed by atoms with Gasteiger partial charge in [0.1, 0.15) is 11.4 Å². The monoisotopic (exact) mass is 439 g/mol. The summed E-state index contributed by atoms with van der Waals surface area (Å²) >= 11 is 6.13. The fourth-order valence-electron chi connectivity index (χ4n) is 3.68. The highest BCUT2D eigenvalue weighted by molar-refractivity contribution is 6.30. The summed E-state index contributed by atoms with van der Waals surface area (Å²) in [7, 11) is 1.61. The molecule has 0 atom stereocenters. The number of hydrogen-bond acceptors (Lipinski definition) is 4. The Morgan fingerprint density at radius 2 is 1.56 bits per heavy atom. The fraction of sp³-hybridized carbons (Fsp3) is 0.0400. The van der Waals surface area contributed by atoms with Crippen molar-refractivity contribution in [1.29, 1.82) is 0 Å². The van der Waals surface area contributed by atoms with E-state index >= 15 is 0 Å². The van der Waals surface area contributed by atoms with Crippen LogP contribution in [0, 0.1) is 0 Å². The molecule has 0 bridgehead atoms. The van der Waals surface area contributed by atoms with E-state index < -0.39 is 0 Å². The molecule has 7 heteroatoms. The second-order valence-corrected chi connectivity index (χ2v) is 7.71. The van der Waals surface area contributed by atoms with Crippen molar-refractivity contribution >= 4 is 28.3 Å². The molecule has 6 nitrogen and oxygen atoms in total. The second kappa shape index (κ2) is 8.24. The van der Waals surface area contributed by atoms with Crippen LogP contribution in [-0.4, -0.2) is 33.3 Å². The summed E-state index contributed by atoms with van der Waals surface area (Å²) in [6.07, 6.45) is 0. The zero-order valence-electron chi connectivity index (χ0n) is 17.1. The lowest BCUT2D eigenvalue weighted by atomic mass is 10.0. The van der Waals surface area contributed by atoms with Gasteiger partial charge in [0.25, 0.3) is 5.91 Å². The molecular weight excluding hydrogens is 422 g/mol. The molecule has 3 aromatic carbocycles. The number of amides is 1. The van der Waals surface area contributed by atoms with Crippen molar-refractivity contribution in [2.45, 2.75) is 0 Å². The van der Waals surface area contributed by atoms with Gasteiger partial charge in [-0.1, -0.05) is 60.1 Å². The van der Waals surface area contributed by atoms with Crippen LogP contribution >= 0.6 is 11.6 Å². The summed E-state index contributed by atoms with van der Waals surface area (Å²) < 4.78 is 0. The standard InChI is InChI=1S/C25H18ClN5O/c1-27-25(32)16-11-9-15(10-12-16)23-19-7-2-3-8-20(19)24(31-30-23)22-14-21(28-29-22)17-5-4-6-18(26)13-17/h2-14H,1H3,(H,27,32)(H,28,29). The lowest BCUT2D eigenvalue weighted by Crippen LogP contribution is -2.17. The summed E-state index contributed by atoms with van der Waals surface area (Å²) in [5.74, 6) is -0.127. The van der Waals surface area contributed by atoms with E-state index in [1.165, 1.54) is 0 Å². The van der Waals surface area contributed by atoms with Crippen molar-refractivity contribution in [3.8, 4) is 33.9 Å². The number of aromatic amines is 1. The third kappa shape index (κ3) is 3.61. The minimum atomic E-state index is -0.127. The van der Waals surface area contributed by atoms with Crippen molar-refractivity contribution in [3.05, 3.63) is 89.4 Å². The molecular formula is C25H18ClN5O. The molecule has 0 saturated heterocycles. The van der Waals surface area contributed by atoms with Gasteiger partial charge in [-0.05, 0) is 30.3 Å². The molecule has 0 saturated carbocycles. The van der Waals surface area contributed by atoms with E-state index in [1.807, 2.05) is 66.7 Å². The van der Waals surface area contributed by atoms with Crippen LogP contribution in [0.2, 0.25) is 5.02 Å². The van der Waals surface area contributed by atoms with Gasteiger partial charge < -0.3 is 5.32 Å². The number of aromatic nitrogens is 4. The summed E-state index contributed by atoms with van der Waals surface area (Å²) in [5, 5.41) is 21.8. The van der Waals surface area contributed by atoms with E-state index in [2.05, 4.69) is 25.7 Å². The molecule has 2 aromatic heterocycles. The van der Waals surface area contributed by atoms with E-state index in [-0.39, 0.29) is 5.91 Å². The molecule has 0 spiro atoms. The number of fused-ring (bicyclic) bond motifs is 1. The maximum absolute atomic E-state index is 11.8. The van der Waals surface area contributed by atoms with Crippen LogP contribution in [0.5, 0.6) is 0 Å². The first-order chi connectivity index (χ1) is 15.6. The first kappa shape index (κ1) is 19.9. The lowest BCUT2D eigenvalue weighted by Gasteiger charge is -2.09. The molecule has 2 N–H and O–H groups in total. The molecule has 0 radical (unpaired) electrons. The molecule has 0 aliphatic heterocycles. The Hall–Kier alpha value is -4.03. The Kier molecular flexibility index (Phi) is 5.13. The van der Waals surface area contributed by atoms with E-state index in [9.17, 15) is 4.79 Å². The number of halogens is 1. The van der Waals surface area contributed by atoms with Gasteiger partial charge in [-0.2, -0.15) is 5.10 Å². The molecule has 5 rings (SSSR count). The first-order valence-electron chi connectivity index (χ1n) is 10.0. The number of H-pyrrole nitrogens is 1. The van der Waals surface area contributed by atoms with Gasteiger partial charge in [-0.25, -0.2) is 0 Å². The normalized spacial score (nSPS) is 10.9. The molecule has 0 aliphatic rings. The predicted octanol–water partition coefficient (Wildman–Crippen LogP) is 5.37. The van der Waals surface area contributed by atoms with Gasteiger partial charge in [0.15, 0.2) is 0 Å². The third-order valence-electron chi connectivity index (χ3n) is 5.29. The average molecular weight is 440 g/mol. The van der Waals surface area contributed by atoms with Gasteiger partial charge in [0.05, 0.1) is 11.4 Å². The van der Waals surface area contributed by atoms with Gasteiger partial charge in [0.2, 0.25) is 0 Å². The van der Waals surface area contributed by atoms with Crippen LogP contribution in [0.25, 0.3) is 44.7 Å². The molecule has 2 heterocycles. The minimum Gasteiger partial charge on any atom is -0.355 e. The number of hydrogen-bond donors (Lipinski definition) is 2. The van der Waals surface area contributed by atoms with Crippen molar-refractivity contribution in [2.24, 2.45) is 0 Å². The van der Waals surface area contributed by atoms with E-state index in [0.29, 0.717) is 16.3 Å². The molecule has 32 heavy (non-hydrogen) atoms. The minimum absolute atomic E-state index is 0.127. The van der Waals surface area contributed by atoms with Gasteiger partial charge in [0, 0.05) is 39.5 Å². The highest BCUT2D eigenvalue weighted by Gasteiger charge is 2.15. The van der Waals surface area contributed by atoms with Crippen molar-refractivity contribution in [1.82, 2.24) is 25.7 Å². The Labute approximate surface area is 189 Å². The van der Waals surface area contributed by atoms with Crippen molar-refractivity contribution in [3.63, 3.8) is 0 Å². The van der Waals surface area contributed by atoms with Crippen molar-refractivity contribution in [2.75, 3.05) is 7.05 Å². The maximum Gasteiger partial charge on any atom is 0.251 e.